The lowest BCUT2D eigenvalue weighted by atomic mass is 10.0. The second-order valence-electron chi connectivity index (χ2n) is 5.05. The summed E-state index contributed by atoms with van der Waals surface area (Å²) in [5.41, 5.74) is 9.65. The fourth-order valence-corrected chi connectivity index (χ4v) is 2.56. The molecule has 0 fully saturated rings. The molecule has 20 heavy (non-hydrogen) atoms. The van der Waals surface area contributed by atoms with E-state index in [1.807, 2.05) is 32.0 Å². The third-order valence-electron chi connectivity index (χ3n) is 3.47. The van der Waals surface area contributed by atoms with E-state index in [0.29, 0.717) is 10.0 Å². The summed E-state index contributed by atoms with van der Waals surface area (Å²) in [6, 6.07) is 6.13. The molecule has 1 aromatic heterocycles. The van der Waals surface area contributed by atoms with Crippen LogP contribution in [0.5, 0.6) is 0 Å². The summed E-state index contributed by atoms with van der Waals surface area (Å²) < 4.78 is 1.78. The van der Waals surface area contributed by atoms with Gasteiger partial charge in [-0.1, -0.05) is 36.2 Å². The topological polar surface area (TPSA) is 43.8 Å². The lowest BCUT2D eigenvalue weighted by molar-refractivity contribution is 0.646. The van der Waals surface area contributed by atoms with Crippen molar-refractivity contribution in [3.63, 3.8) is 0 Å². The van der Waals surface area contributed by atoms with Crippen LogP contribution in [0.4, 0.5) is 0 Å². The van der Waals surface area contributed by atoms with Crippen LogP contribution in [-0.4, -0.2) is 15.8 Å². The zero-order chi connectivity index (χ0) is 14.9. The molecule has 0 spiro atoms. The number of aryl methyl sites for hydroxylation is 1. The Morgan fingerprint density at radius 1 is 1.30 bits per heavy atom. The molecule has 0 amide bonds. The molecule has 0 bridgehead atoms. The number of hydrogen-bond donors (Lipinski definition) is 1. The Kier molecular flexibility index (Phi) is 4.74. The number of halogens is 2. The summed E-state index contributed by atoms with van der Waals surface area (Å²) in [7, 11) is 0. The molecule has 0 saturated carbocycles. The molecule has 5 heteroatoms. The zero-order valence-electron chi connectivity index (χ0n) is 12.0. The molecule has 0 aliphatic carbocycles. The first-order chi connectivity index (χ1) is 9.43. The summed E-state index contributed by atoms with van der Waals surface area (Å²) >= 11 is 12.6. The van der Waals surface area contributed by atoms with E-state index in [1.54, 1.807) is 4.68 Å². The van der Waals surface area contributed by atoms with Crippen LogP contribution in [0.25, 0.3) is 5.69 Å². The highest BCUT2D eigenvalue weighted by molar-refractivity contribution is 6.33. The molecule has 2 N–H and O–H groups in total. The SMILES string of the molecule is CCC(N)Cc1ccc(-n2nc(C)c(Cl)c2C)c(Cl)c1. The molecule has 1 unspecified atom stereocenters. The van der Waals surface area contributed by atoms with Gasteiger partial charge in [-0.05, 0) is 44.4 Å². The average molecular weight is 312 g/mol. The average Bonchev–Trinajstić information content (AvgIpc) is 2.66. The summed E-state index contributed by atoms with van der Waals surface area (Å²) in [6.07, 6.45) is 1.78. The van der Waals surface area contributed by atoms with Crippen LogP contribution >= 0.6 is 23.2 Å². The summed E-state index contributed by atoms with van der Waals surface area (Å²) in [6.45, 7) is 5.90. The van der Waals surface area contributed by atoms with Gasteiger partial charge in [-0.25, -0.2) is 4.68 Å². The van der Waals surface area contributed by atoms with Gasteiger partial charge in [0.15, 0.2) is 0 Å². The second kappa shape index (κ2) is 6.17. The molecule has 3 nitrogen and oxygen atoms in total. The van der Waals surface area contributed by atoms with Gasteiger partial charge in [0, 0.05) is 6.04 Å². The smallest absolute Gasteiger partial charge is 0.0848 e. The number of aromatic nitrogens is 2. The van der Waals surface area contributed by atoms with Crippen molar-refractivity contribution >= 4 is 23.2 Å². The number of nitrogens with two attached hydrogens (primary N) is 1. The van der Waals surface area contributed by atoms with Crippen LogP contribution in [0.1, 0.15) is 30.3 Å². The van der Waals surface area contributed by atoms with Crippen molar-refractivity contribution in [2.45, 2.75) is 39.7 Å². The highest BCUT2D eigenvalue weighted by Gasteiger charge is 2.13. The van der Waals surface area contributed by atoms with E-state index < -0.39 is 0 Å². The maximum Gasteiger partial charge on any atom is 0.0848 e. The number of hydrogen-bond acceptors (Lipinski definition) is 2. The second-order valence-corrected chi connectivity index (χ2v) is 5.84. The predicted octanol–water partition coefficient (Wildman–Crippen LogP) is 4.08. The van der Waals surface area contributed by atoms with E-state index in [2.05, 4.69) is 12.0 Å². The van der Waals surface area contributed by atoms with E-state index >= 15 is 0 Å². The first-order valence-electron chi connectivity index (χ1n) is 6.70. The monoisotopic (exact) mass is 311 g/mol. The minimum absolute atomic E-state index is 0.167. The molecule has 2 aromatic rings. The molecule has 1 atom stereocenters. The van der Waals surface area contributed by atoms with Gasteiger partial charge in [0.05, 0.1) is 27.1 Å². The molecule has 108 valence electrons. The van der Waals surface area contributed by atoms with Crippen LogP contribution in [0.2, 0.25) is 10.0 Å². The van der Waals surface area contributed by atoms with Crippen molar-refractivity contribution in [2.75, 3.05) is 0 Å². The Labute approximate surface area is 129 Å². The quantitative estimate of drug-likeness (QED) is 0.924. The van der Waals surface area contributed by atoms with E-state index in [1.165, 1.54) is 0 Å². The Morgan fingerprint density at radius 3 is 2.50 bits per heavy atom. The van der Waals surface area contributed by atoms with E-state index in [-0.39, 0.29) is 6.04 Å². The highest BCUT2D eigenvalue weighted by Crippen LogP contribution is 2.27. The van der Waals surface area contributed by atoms with Crippen molar-refractivity contribution in [1.29, 1.82) is 0 Å². The fraction of sp³-hybridized carbons (Fsp3) is 0.400. The maximum atomic E-state index is 6.38. The van der Waals surface area contributed by atoms with E-state index in [4.69, 9.17) is 28.9 Å². The molecule has 2 rings (SSSR count). The van der Waals surface area contributed by atoms with Gasteiger partial charge >= 0.3 is 0 Å². The molecule has 0 saturated heterocycles. The number of rotatable bonds is 4. The molecular formula is C15H19Cl2N3. The molecule has 0 aliphatic rings. The first-order valence-corrected chi connectivity index (χ1v) is 7.45. The Bertz CT molecular complexity index is 620. The minimum Gasteiger partial charge on any atom is -0.327 e. The normalized spacial score (nSPS) is 12.7. The lowest BCUT2D eigenvalue weighted by Crippen LogP contribution is -2.21. The van der Waals surface area contributed by atoms with Gasteiger partial charge in [-0.15, -0.1) is 0 Å². The van der Waals surface area contributed by atoms with Gasteiger partial charge in [0.2, 0.25) is 0 Å². The lowest BCUT2D eigenvalue weighted by Gasteiger charge is -2.12. The van der Waals surface area contributed by atoms with Crippen LogP contribution in [0.15, 0.2) is 18.2 Å². The third-order valence-corrected chi connectivity index (χ3v) is 4.32. The molecule has 1 heterocycles. The fourth-order valence-electron chi connectivity index (χ4n) is 2.15. The highest BCUT2D eigenvalue weighted by atomic mass is 35.5. The standard InChI is InChI=1S/C15H19Cl2N3/c1-4-12(18)7-11-5-6-14(13(16)8-11)20-10(3)15(17)9(2)19-20/h5-6,8,12H,4,7,18H2,1-3H3. The van der Waals surface area contributed by atoms with Crippen molar-refractivity contribution in [2.24, 2.45) is 5.73 Å². The Morgan fingerprint density at radius 2 is 2.00 bits per heavy atom. The van der Waals surface area contributed by atoms with Crippen molar-refractivity contribution < 1.29 is 0 Å². The van der Waals surface area contributed by atoms with Crippen LogP contribution in [0.3, 0.4) is 0 Å². The van der Waals surface area contributed by atoms with Crippen molar-refractivity contribution in [3.8, 4) is 5.69 Å². The van der Waals surface area contributed by atoms with Gasteiger partial charge in [-0.2, -0.15) is 5.10 Å². The van der Waals surface area contributed by atoms with Crippen LogP contribution in [0, 0.1) is 13.8 Å². The molecule has 0 aliphatic heterocycles. The summed E-state index contributed by atoms with van der Waals surface area (Å²) in [5, 5.41) is 5.76. The maximum absolute atomic E-state index is 6.38. The van der Waals surface area contributed by atoms with Crippen molar-refractivity contribution in [3.05, 3.63) is 45.2 Å². The number of nitrogens with zero attached hydrogens (tertiary/aromatic N) is 2. The van der Waals surface area contributed by atoms with E-state index in [0.717, 1.165) is 35.5 Å². The molecular weight excluding hydrogens is 293 g/mol. The molecule has 1 aromatic carbocycles. The number of benzene rings is 1. The summed E-state index contributed by atoms with van der Waals surface area (Å²) in [4.78, 5) is 0. The largest absolute Gasteiger partial charge is 0.327 e. The Hall–Kier alpha value is -1.03. The first kappa shape index (κ1) is 15.4. The van der Waals surface area contributed by atoms with Crippen LogP contribution < -0.4 is 5.73 Å². The van der Waals surface area contributed by atoms with E-state index in [9.17, 15) is 0 Å². The van der Waals surface area contributed by atoms with Gasteiger partial charge in [0.25, 0.3) is 0 Å². The molecule has 0 radical (unpaired) electrons. The Balaban J connectivity index is 2.36. The summed E-state index contributed by atoms with van der Waals surface area (Å²) in [5.74, 6) is 0. The van der Waals surface area contributed by atoms with Gasteiger partial charge < -0.3 is 5.73 Å². The minimum atomic E-state index is 0.167. The van der Waals surface area contributed by atoms with Gasteiger partial charge in [-0.3, -0.25) is 0 Å². The van der Waals surface area contributed by atoms with Crippen LogP contribution in [-0.2, 0) is 6.42 Å². The van der Waals surface area contributed by atoms with Gasteiger partial charge in [0.1, 0.15) is 0 Å². The zero-order valence-corrected chi connectivity index (χ0v) is 13.5. The third kappa shape index (κ3) is 3.00. The predicted molar refractivity (Wildman–Crippen MR) is 85.0 cm³/mol. The van der Waals surface area contributed by atoms with Crippen molar-refractivity contribution in [1.82, 2.24) is 9.78 Å².